The van der Waals surface area contributed by atoms with Crippen LogP contribution in [-0.2, 0) is 7.05 Å². The molecule has 0 saturated carbocycles. The third kappa shape index (κ3) is 3.55. The minimum absolute atomic E-state index is 0.536. The summed E-state index contributed by atoms with van der Waals surface area (Å²) in [5.41, 5.74) is 3.84. The van der Waals surface area contributed by atoms with Gasteiger partial charge in [-0.05, 0) is 36.8 Å². The molecule has 0 fully saturated rings. The summed E-state index contributed by atoms with van der Waals surface area (Å²) in [6.07, 6.45) is 4.41. The smallest absolute Gasteiger partial charge is 0.163 e. The van der Waals surface area contributed by atoms with Crippen molar-refractivity contribution >= 4 is 44.8 Å². The fourth-order valence-electron chi connectivity index (χ4n) is 3.17. The van der Waals surface area contributed by atoms with Crippen molar-refractivity contribution in [3.8, 4) is 11.5 Å². The van der Waals surface area contributed by atoms with E-state index in [1.165, 1.54) is 0 Å². The molecule has 7 heteroatoms. The molecule has 0 amide bonds. The van der Waals surface area contributed by atoms with Gasteiger partial charge in [-0.2, -0.15) is 5.10 Å². The van der Waals surface area contributed by atoms with Crippen LogP contribution in [0.15, 0.2) is 48.8 Å². The highest BCUT2D eigenvalue weighted by atomic mass is 35.5. The molecule has 2 aromatic heterocycles. The summed E-state index contributed by atoms with van der Waals surface area (Å²) in [5, 5.41) is 9.81. The first-order valence-electron chi connectivity index (χ1n) is 9.04. The van der Waals surface area contributed by atoms with Crippen molar-refractivity contribution in [2.24, 2.45) is 7.05 Å². The van der Waals surface area contributed by atoms with E-state index in [-0.39, 0.29) is 0 Å². The molecular weight excluding hydrogens is 376 g/mol. The van der Waals surface area contributed by atoms with E-state index in [2.05, 4.69) is 27.5 Å². The molecule has 1 N–H and O–H groups in total. The molecule has 0 aliphatic carbocycles. The Balaban J connectivity index is 1.69. The summed E-state index contributed by atoms with van der Waals surface area (Å²) in [6.45, 7) is 0.536. The van der Waals surface area contributed by atoms with Gasteiger partial charge < -0.3 is 14.8 Å². The maximum Gasteiger partial charge on any atom is 0.163 e. The number of hydrogen-bond acceptors (Lipinski definition) is 5. The molecule has 0 aliphatic heterocycles. The van der Waals surface area contributed by atoms with E-state index in [9.17, 15) is 0 Å². The van der Waals surface area contributed by atoms with Crippen molar-refractivity contribution in [1.29, 1.82) is 0 Å². The van der Waals surface area contributed by atoms with Gasteiger partial charge in [0, 0.05) is 47.3 Å². The Hall–Kier alpha value is -2.99. The van der Waals surface area contributed by atoms with E-state index in [4.69, 9.17) is 21.1 Å². The Morgan fingerprint density at radius 3 is 2.86 bits per heavy atom. The molecule has 0 unspecified atom stereocenters. The van der Waals surface area contributed by atoms with Crippen LogP contribution < -0.4 is 14.8 Å². The summed E-state index contributed by atoms with van der Waals surface area (Å²) in [4.78, 5) is 4.49. The number of benzene rings is 2. The fourth-order valence-corrected chi connectivity index (χ4v) is 3.28. The van der Waals surface area contributed by atoms with Crippen LogP contribution in [0.2, 0.25) is 0 Å². The van der Waals surface area contributed by atoms with Crippen molar-refractivity contribution in [2.45, 2.75) is 6.42 Å². The van der Waals surface area contributed by atoms with Crippen LogP contribution in [0.3, 0.4) is 0 Å². The highest BCUT2D eigenvalue weighted by molar-refractivity contribution is 6.17. The zero-order valence-electron chi connectivity index (χ0n) is 15.8. The summed E-state index contributed by atoms with van der Waals surface area (Å²) < 4.78 is 13.2. The van der Waals surface area contributed by atoms with Crippen LogP contribution in [0.1, 0.15) is 6.42 Å². The number of rotatable bonds is 7. The number of anilines is 2. The Labute approximate surface area is 168 Å². The lowest BCUT2D eigenvalue weighted by atomic mass is 10.1. The third-order valence-electron chi connectivity index (χ3n) is 4.59. The summed E-state index contributed by atoms with van der Waals surface area (Å²) >= 11 is 5.73. The summed E-state index contributed by atoms with van der Waals surface area (Å²) in [6, 6.07) is 12.0. The normalized spacial score (nSPS) is 11.1. The zero-order valence-corrected chi connectivity index (χ0v) is 16.5. The molecule has 4 rings (SSSR count). The lowest BCUT2D eigenvalue weighted by molar-refractivity contribution is 0.295. The van der Waals surface area contributed by atoms with Crippen LogP contribution in [0, 0.1) is 0 Å². The van der Waals surface area contributed by atoms with Crippen LogP contribution in [-0.4, -0.2) is 34.4 Å². The molecular formula is C21H21ClN4O2. The van der Waals surface area contributed by atoms with Gasteiger partial charge in [0.05, 0.1) is 30.9 Å². The Morgan fingerprint density at radius 1 is 1.14 bits per heavy atom. The highest BCUT2D eigenvalue weighted by Gasteiger charge is 2.11. The molecule has 0 spiro atoms. The number of nitrogens with zero attached hydrogens (tertiary/aromatic N) is 3. The predicted octanol–water partition coefficient (Wildman–Crippen LogP) is 4.88. The Morgan fingerprint density at radius 2 is 2.04 bits per heavy atom. The lowest BCUT2D eigenvalue weighted by Gasteiger charge is -2.14. The van der Waals surface area contributed by atoms with Crippen LogP contribution in [0.4, 0.5) is 11.4 Å². The molecule has 0 atom stereocenters. The standard InChI is InChI=1S/C21H21ClN4O2/c1-26-19-5-4-15(10-14(19)13-24-26)25-17-6-8-23-18-12-21(28-9-3-7-22)20(27-2)11-16(17)18/h4-6,8,10-13H,3,7,9H2,1-2H3,(H,23,25). The van der Waals surface area contributed by atoms with Crippen molar-refractivity contribution in [2.75, 3.05) is 24.9 Å². The number of halogens is 1. The molecule has 0 saturated heterocycles. The monoisotopic (exact) mass is 396 g/mol. The third-order valence-corrected chi connectivity index (χ3v) is 4.85. The number of nitrogens with one attached hydrogen (secondary N) is 1. The van der Waals surface area contributed by atoms with Crippen molar-refractivity contribution in [3.63, 3.8) is 0 Å². The van der Waals surface area contributed by atoms with E-state index >= 15 is 0 Å². The molecule has 28 heavy (non-hydrogen) atoms. The number of ether oxygens (including phenoxy) is 2. The van der Waals surface area contributed by atoms with E-state index in [0.29, 0.717) is 24.0 Å². The van der Waals surface area contributed by atoms with Crippen LogP contribution >= 0.6 is 11.6 Å². The van der Waals surface area contributed by atoms with Gasteiger partial charge in [0.15, 0.2) is 11.5 Å². The fraction of sp³-hybridized carbons (Fsp3) is 0.238. The largest absolute Gasteiger partial charge is 0.493 e. The quantitative estimate of drug-likeness (QED) is 0.356. The van der Waals surface area contributed by atoms with Crippen molar-refractivity contribution in [3.05, 3.63) is 48.8 Å². The van der Waals surface area contributed by atoms with E-state index in [1.807, 2.05) is 42.2 Å². The molecule has 6 nitrogen and oxygen atoms in total. The average Bonchev–Trinajstić information content (AvgIpc) is 3.08. The van der Waals surface area contributed by atoms with Gasteiger partial charge in [-0.1, -0.05) is 0 Å². The topological polar surface area (TPSA) is 61.2 Å². The van der Waals surface area contributed by atoms with E-state index < -0.39 is 0 Å². The zero-order chi connectivity index (χ0) is 19.5. The number of pyridine rings is 1. The maximum absolute atomic E-state index is 5.81. The first kappa shape index (κ1) is 18.4. The van der Waals surface area contributed by atoms with Gasteiger partial charge in [0.25, 0.3) is 0 Å². The number of alkyl halides is 1. The number of aromatic nitrogens is 3. The van der Waals surface area contributed by atoms with E-state index in [1.54, 1.807) is 13.3 Å². The van der Waals surface area contributed by atoms with Gasteiger partial charge in [-0.3, -0.25) is 9.67 Å². The molecule has 144 valence electrons. The van der Waals surface area contributed by atoms with Gasteiger partial charge in [0.1, 0.15) is 0 Å². The number of aryl methyl sites for hydroxylation is 1. The van der Waals surface area contributed by atoms with Gasteiger partial charge in [0.2, 0.25) is 0 Å². The Kier molecular flexibility index (Phi) is 5.21. The first-order chi connectivity index (χ1) is 13.7. The van der Waals surface area contributed by atoms with Crippen molar-refractivity contribution in [1.82, 2.24) is 14.8 Å². The second-order valence-corrected chi connectivity index (χ2v) is 6.81. The molecule has 0 radical (unpaired) electrons. The van der Waals surface area contributed by atoms with Crippen LogP contribution in [0.25, 0.3) is 21.8 Å². The number of methoxy groups -OCH3 is 1. The van der Waals surface area contributed by atoms with Crippen LogP contribution in [0.5, 0.6) is 11.5 Å². The first-order valence-corrected chi connectivity index (χ1v) is 9.57. The van der Waals surface area contributed by atoms with Gasteiger partial charge >= 0.3 is 0 Å². The minimum atomic E-state index is 0.536. The number of fused-ring (bicyclic) bond motifs is 2. The second-order valence-electron chi connectivity index (χ2n) is 6.44. The number of hydrogen-bond donors (Lipinski definition) is 1. The average molecular weight is 397 g/mol. The molecule has 2 aromatic carbocycles. The molecule has 4 aromatic rings. The SMILES string of the molecule is COc1cc2c(Nc3ccc4c(cnn4C)c3)ccnc2cc1OCCCCl. The van der Waals surface area contributed by atoms with Gasteiger partial charge in [-0.25, -0.2) is 0 Å². The van der Waals surface area contributed by atoms with Crippen molar-refractivity contribution < 1.29 is 9.47 Å². The molecule has 0 bridgehead atoms. The summed E-state index contributed by atoms with van der Waals surface area (Å²) in [7, 11) is 3.57. The predicted molar refractivity (Wildman–Crippen MR) is 113 cm³/mol. The summed E-state index contributed by atoms with van der Waals surface area (Å²) in [5.74, 6) is 1.89. The minimum Gasteiger partial charge on any atom is -0.493 e. The van der Waals surface area contributed by atoms with E-state index in [0.717, 1.165) is 39.6 Å². The maximum atomic E-state index is 5.81. The Bertz CT molecular complexity index is 1130. The lowest BCUT2D eigenvalue weighted by Crippen LogP contribution is -2.01. The highest BCUT2D eigenvalue weighted by Crippen LogP contribution is 2.36. The van der Waals surface area contributed by atoms with Gasteiger partial charge in [-0.15, -0.1) is 11.6 Å². The molecule has 2 heterocycles. The second kappa shape index (κ2) is 7.94. The molecule has 0 aliphatic rings.